The van der Waals surface area contributed by atoms with Crippen molar-refractivity contribution in [3.63, 3.8) is 0 Å². The molecule has 17 heavy (non-hydrogen) atoms. The third kappa shape index (κ3) is 4.13. The number of carboxylic acids is 1. The molecule has 0 aliphatic heterocycles. The van der Waals surface area contributed by atoms with E-state index in [-0.39, 0.29) is 23.2 Å². The Morgan fingerprint density at radius 3 is 2.88 bits per heavy atom. The zero-order chi connectivity index (χ0) is 12.8. The Hall–Kier alpha value is -2.06. The van der Waals surface area contributed by atoms with Crippen LogP contribution in [0.3, 0.4) is 0 Å². The van der Waals surface area contributed by atoms with Crippen molar-refractivity contribution in [3.8, 4) is 11.8 Å². The van der Waals surface area contributed by atoms with Gasteiger partial charge < -0.3 is 10.4 Å². The molecule has 1 amide bonds. The summed E-state index contributed by atoms with van der Waals surface area (Å²) in [5.74, 6) is 3.99. The van der Waals surface area contributed by atoms with Crippen LogP contribution in [0.15, 0.2) is 12.3 Å². The molecule has 0 radical (unpaired) electrons. The van der Waals surface area contributed by atoms with Gasteiger partial charge in [-0.1, -0.05) is 23.4 Å². The predicted octanol–water partition coefficient (Wildman–Crippen LogP) is 0.921. The van der Waals surface area contributed by atoms with Gasteiger partial charge in [-0.15, -0.1) is 0 Å². The van der Waals surface area contributed by atoms with Crippen LogP contribution in [0.25, 0.3) is 0 Å². The van der Waals surface area contributed by atoms with Gasteiger partial charge in [0.25, 0.3) is 0 Å². The summed E-state index contributed by atoms with van der Waals surface area (Å²) >= 11 is 5.60. The molecule has 0 spiro atoms. The lowest BCUT2D eigenvalue weighted by atomic mass is 10.2. The van der Waals surface area contributed by atoms with E-state index in [1.54, 1.807) is 0 Å². The van der Waals surface area contributed by atoms with Crippen molar-refractivity contribution in [2.75, 3.05) is 6.54 Å². The van der Waals surface area contributed by atoms with Crippen molar-refractivity contribution in [2.24, 2.45) is 0 Å². The molecular weight excluding hydrogens is 244 g/mol. The van der Waals surface area contributed by atoms with Gasteiger partial charge in [0.05, 0.1) is 12.1 Å². The Kier molecular flexibility index (Phi) is 4.49. The van der Waals surface area contributed by atoms with Crippen LogP contribution in [0.2, 0.25) is 5.15 Å². The Morgan fingerprint density at radius 1 is 1.59 bits per heavy atom. The van der Waals surface area contributed by atoms with Crippen LogP contribution in [0, 0.1) is 11.8 Å². The van der Waals surface area contributed by atoms with Crippen LogP contribution in [0.1, 0.15) is 22.8 Å². The molecule has 1 heterocycles. The minimum atomic E-state index is -1.16. The van der Waals surface area contributed by atoms with Gasteiger partial charge in [-0.2, -0.15) is 0 Å². The third-order valence-corrected chi connectivity index (χ3v) is 2.03. The highest BCUT2D eigenvalue weighted by Crippen LogP contribution is 2.13. The molecule has 0 saturated carbocycles. The molecular formula is C11H9ClN2O3. The quantitative estimate of drug-likeness (QED) is 0.606. The summed E-state index contributed by atoms with van der Waals surface area (Å²) in [5.41, 5.74) is 0.329. The van der Waals surface area contributed by atoms with E-state index in [0.717, 1.165) is 0 Å². The van der Waals surface area contributed by atoms with Gasteiger partial charge >= 0.3 is 5.97 Å². The Bertz CT molecular complexity index is 517. The second kappa shape index (κ2) is 5.87. The molecule has 2 N–H and O–H groups in total. The van der Waals surface area contributed by atoms with Crippen LogP contribution < -0.4 is 5.32 Å². The molecule has 88 valence electrons. The number of halogens is 1. The number of carbonyl (C=O) groups excluding carboxylic acids is 1. The lowest BCUT2D eigenvalue weighted by molar-refractivity contribution is -0.118. The lowest BCUT2D eigenvalue weighted by Gasteiger charge is -1.97. The summed E-state index contributed by atoms with van der Waals surface area (Å²) in [5, 5.41) is 11.2. The number of hydrogen-bond acceptors (Lipinski definition) is 3. The van der Waals surface area contributed by atoms with Crippen molar-refractivity contribution in [1.82, 2.24) is 10.3 Å². The molecule has 0 aliphatic carbocycles. The van der Waals surface area contributed by atoms with Gasteiger partial charge in [0.2, 0.25) is 5.91 Å². The number of hydrogen-bond donors (Lipinski definition) is 2. The first-order valence-electron chi connectivity index (χ1n) is 4.63. The number of aromatic nitrogens is 1. The third-order valence-electron chi connectivity index (χ3n) is 1.73. The zero-order valence-electron chi connectivity index (χ0n) is 8.95. The number of nitrogens with one attached hydrogen (secondary N) is 1. The minimum absolute atomic E-state index is 0.0788. The topological polar surface area (TPSA) is 79.3 Å². The minimum Gasteiger partial charge on any atom is -0.478 e. The first-order valence-corrected chi connectivity index (χ1v) is 5.00. The molecule has 0 aromatic carbocycles. The fraction of sp³-hybridized carbons (Fsp3) is 0.182. The first-order chi connectivity index (χ1) is 8.00. The summed E-state index contributed by atoms with van der Waals surface area (Å²) in [6.07, 6.45) is 1.37. The largest absolute Gasteiger partial charge is 0.478 e. The Labute approximate surface area is 103 Å². The fourth-order valence-electron chi connectivity index (χ4n) is 0.981. The van der Waals surface area contributed by atoms with Crippen LogP contribution in [0.5, 0.6) is 0 Å². The molecule has 0 saturated heterocycles. The van der Waals surface area contributed by atoms with Crippen LogP contribution in [0.4, 0.5) is 0 Å². The SMILES string of the molecule is CC(=O)NCC#Cc1cnc(Cl)c(C(=O)O)c1. The van der Waals surface area contributed by atoms with E-state index in [0.29, 0.717) is 5.56 Å². The van der Waals surface area contributed by atoms with Crippen LogP contribution in [-0.4, -0.2) is 28.5 Å². The Morgan fingerprint density at radius 2 is 2.29 bits per heavy atom. The molecule has 0 fully saturated rings. The average Bonchev–Trinajstić information content (AvgIpc) is 2.25. The number of nitrogens with zero attached hydrogens (tertiary/aromatic N) is 1. The Balaban J connectivity index is 2.82. The van der Waals surface area contributed by atoms with Crippen molar-refractivity contribution in [3.05, 3.63) is 28.5 Å². The highest BCUT2D eigenvalue weighted by Gasteiger charge is 2.09. The van der Waals surface area contributed by atoms with E-state index in [2.05, 4.69) is 22.1 Å². The second-order valence-electron chi connectivity index (χ2n) is 3.08. The predicted molar refractivity (Wildman–Crippen MR) is 61.8 cm³/mol. The number of rotatable bonds is 2. The molecule has 0 atom stereocenters. The van der Waals surface area contributed by atoms with Gasteiger partial charge in [-0.3, -0.25) is 4.79 Å². The number of carbonyl (C=O) groups is 2. The standard InChI is InChI=1S/C11H9ClN2O3/c1-7(15)13-4-2-3-8-5-9(11(16)17)10(12)14-6-8/h5-6H,4H2,1H3,(H,13,15)(H,16,17). The smallest absolute Gasteiger partial charge is 0.338 e. The van der Waals surface area contributed by atoms with E-state index in [1.165, 1.54) is 19.2 Å². The van der Waals surface area contributed by atoms with Crippen molar-refractivity contribution in [2.45, 2.75) is 6.92 Å². The molecule has 0 bridgehead atoms. The first kappa shape index (κ1) is 13.0. The van der Waals surface area contributed by atoms with Gasteiger partial charge in [-0.25, -0.2) is 9.78 Å². The number of carboxylic acid groups (broad SMARTS) is 1. The molecule has 1 aromatic rings. The van der Waals surface area contributed by atoms with Crippen LogP contribution >= 0.6 is 11.6 Å². The van der Waals surface area contributed by atoms with E-state index in [9.17, 15) is 9.59 Å². The maximum Gasteiger partial charge on any atom is 0.338 e. The summed E-state index contributed by atoms with van der Waals surface area (Å²) in [6.45, 7) is 1.58. The highest BCUT2D eigenvalue weighted by molar-refractivity contribution is 6.32. The molecule has 0 aliphatic rings. The molecule has 1 rings (SSSR count). The highest BCUT2D eigenvalue weighted by atomic mass is 35.5. The van der Waals surface area contributed by atoms with Gasteiger partial charge in [0.15, 0.2) is 0 Å². The average molecular weight is 253 g/mol. The van der Waals surface area contributed by atoms with Crippen LogP contribution in [-0.2, 0) is 4.79 Å². The zero-order valence-corrected chi connectivity index (χ0v) is 9.71. The van der Waals surface area contributed by atoms with Gasteiger partial charge in [0.1, 0.15) is 5.15 Å². The molecule has 1 aromatic heterocycles. The maximum atomic E-state index is 10.8. The number of amides is 1. The van der Waals surface area contributed by atoms with E-state index in [4.69, 9.17) is 16.7 Å². The lowest BCUT2D eigenvalue weighted by Crippen LogP contribution is -2.19. The molecule has 5 nitrogen and oxygen atoms in total. The summed E-state index contributed by atoms with van der Waals surface area (Å²) in [6, 6.07) is 1.33. The summed E-state index contributed by atoms with van der Waals surface area (Å²) < 4.78 is 0. The van der Waals surface area contributed by atoms with Crippen molar-refractivity contribution < 1.29 is 14.7 Å². The van der Waals surface area contributed by atoms with Gasteiger partial charge in [0, 0.05) is 18.7 Å². The van der Waals surface area contributed by atoms with E-state index < -0.39 is 5.97 Å². The van der Waals surface area contributed by atoms with Gasteiger partial charge in [-0.05, 0) is 6.07 Å². The van der Waals surface area contributed by atoms with E-state index >= 15 is 0 Å². The van der Waals surface area contributed by atoms with E-state index in [1.807, 2.05) is 0 Å². The maximum absolute atomic E-state index is 10.8. The number of pyridine rings is 1. The van der Waals surface area contributed by atoms with Crippen molar-refractivity contribution >= 4 is 23.5 Å². The second-order valence-corrected chi connectivity index (χ2v) is 3.44. The summed E-state index contributed by atoms with van der Waals surface area (Å²) in [4.78, 5) is 25.0. The summed E-state index contributed by atoms with van der Waals surface area (Å²) in [7, 11) is 0. The molecule has 0 unspecified atom stereocenters. The molecule has 6 heteroatoms. The normalized spacial score (nSPS) is 9.06. The fourth-order valence-corrected chi connectivity index (χ4v) is 1.17. The van der Waals surface area contributed by atoms with Crippen molar-refractivity contribution in [1.29, 1.82) is 0 Å². The number of aromatic carboxylic acids is 1. The monoisotopic (exact) mass is 252 g/mol.